The summed E-state index contributed by atoms with van der Waals surface area (Å²) in [7, 11) is 0.576. The number of hydrogen-bond acceptors (Lipinski definition) is 0. The number of nitrogens with zero attached hydrogens (tertiary/aromatic N) is 1. The van der Waals surface area contributed by atoms with Crippen LogP contribution in [0.25, 0.3) is 82.1 Å². The van der Waals surface area contributed by atoms with Crippen molar-refractivity contribution in [2.45, 2.75) is 0 Å². The average Bonchev–Trinajstić information content (AvgIpc) is 3.52. The Morgan fingerprint density at radius 1 is 0.340 bits per heavy atom. The molecule has 0 spiro atoms. The van der Waals surface area contributed by atoms with Gasteiger partial charge < -0.3 is 4.57 Å². The molecule has 232 valence electrons. The minimum absolute atomic E-state index is 0.576. The van der Waals surface area contributed by atoms with Crippen LogP contribution in [0.15, 0.2) is 188 Å². The summed E-state index contributed by atoms with van der Waals surface area (Å²) in [4.78, 5) is 0. The van der Waals surface area contributed by atoms with E-state index in [-0.39, 0.29) is 0 Å². The molecule has 10 rings (SSSR count). The van der Waals surface area contributed by atoms with E-state index in [1.807, 2.05) is 0 Å². The standard InChI is InChI=1S/C48H31NSi/c1-2-18-35(19-3-1)50-36-28-29-43-44(31-36)48(40-25-13-15-32-14-4-5-20-37(32)40)42-24-7-6-23-41(42)47(43)33-16-12-17-34(30-33)49-45-26-10-8-21-38(45)39-22-9-11-27-46(39)49/h1-31H. The molecule has 2 radical (unpaired) electrons. The van der Waals surface area contributed by atoms with Gasteiger partial charge in [0.1, 0.15) is 9.52 Å². The highest BCUT2D eigenvalue weighted by Crippen LogP contribution is 2.45. The molecule has 0 N–H and O–H groups in total. The Labute approximate surface area is 293 Å². The van der Waals surface area contributed by atoms with Crippen LogP contribution in [0.2, 0.25) is 0 Å². The first-order valence-electron chi connectivity index (χ1n) is 17.2. The van der Waals surface area contributed by atoms with Gasteiger partial charge in [-0.25, -0.2) is 0 Å². The van der Waals surface area contributed by atoms with Crippen molar-refractivity contribution in [1.29, 1.82) is 0 Å². The summed E-state index contributed by atoms with van der Waals surface area (Å²) in [5, 5.41) is 12.9. The molecular formula is C48H31NSi. The van der Waals surface area contributed by atoms with Crippen LogP contribution in [0.5, 0.6) is 0 Å². The molecule has 2 heteroatoms. The van der Waals surface area contributed by atoms with E-state index in [4.69, 9.17) is 0 Å². The van der Waals surface area contributed by atoms with Crippen LogP contribution in [0.3, 0.4) is 0 Å². The maximum atomic E-state index is 2.46. The number of para-hydroxylation sites is 2. The molecule has 0 saturated carbocycles. The molecule has 9 aromatic carbocycles. The quantitative estimate of drug-likeness (QED) is 0.129. The molecule has 0 atom stereocenters. The minimum atomic E-state index is 0.576. The molecule has 10 aromatic rings. The van der Waals surface area contributed by atoms with Crippen LogP contribution >= 0.6 is 0 Å². The molecule has 0 aliphatic carbocycles. The lowest BCUT2D eigenvalue weighted by atomic mass is 9.84. The monoisotopic (exact) mass is 649 g/mol. The van der Waals surface area contributed by atoms with E-state index in [1.54, 1.807) is 0 Å². The van der Waals surface area contributed by atoms with Crippen molar-refractivity contribution in [1.82, 2.24) is 4.57 Å². The number of benzene rings is 9. The van der Waals surface area contributed by atoms with E-state index in [1.165, 1.54) is 86.8 Å². The van der Waals surface area contributed by atoms with E-state index in [2.05, 4.69) is 193 Å². The fourth-order valence-corrected chi connectivity index (χ4v) is 9.07. The van der Waals surface area contributed by atoms with E-state index in [9.17, 15) is 0 Å². The van der Waals surface area contributed by atoms with Crippen molar-refractivity contribution in [3.63, 3.8) is 0 Å². The van der Waals surface area contributed by atoms with Gasteiger partial charge in [-0.1, -0.05) is 174 Å². The van der Waals surface area contributed by atoms with Crippen molar-refractivity contribution in [2.24, 2.45) is 0 Å². The lowest BCUT2D eigenvalue weighted by Crippen LogP contribution is -2.26. The molecule has 0 bridgehead atoms. The molecule has 50 heavy (non-hydrogen) atoms. The van der Waals surface area contributed by atoms with Gasteiger partial charge in [0.05, 0.1) is 11.0 Å². The van der Waals surface area contributed by atoms with Gasteiger partial charge in [-0.15, -0.1) is 0 Å². The minimum Gasteiger partial charge on any atom is -0.309 e. The van der Waals surface area contributed by atoms with Crippen molar-refractivity contribution in [3.05, 3.63) is 188 Å². The summed E-state index contributed by atoms with van der Waals surface area (Å²) in [5.74, 6) is 0. The fraction of sp³-hybridized carbons (Fsp3) is 0. The number of fused-ring (bicyclic) bond motifs is 6. The lowest BCUT2D eigenvalue weighted by Gasteiger charge is -2.20. The molecule has 1 aromatic heterocycles. The van der Waals surface area contributed by atoms with Gasteiger partial charge in [0.25, 0.3) is 0 Å². The first kappa shape index (κ1) is 28.8. The molecular weight excluding hydrogens is 619 g/mol. The van der Waals surface area contributed by atoms with Crippen LogP contribution in [-0.2, 0) is 0 Å². The molecule has 0 amide bonds. The zero-order valence-electron chi connectivity index (χ0n) is 27.3. The second-order valence-electron chi connectivity index (χ2n) is 13.0. The fourth-order valence-electron chi connectivity index (χ4n) is 7.99. The summed E-state index contributed by atoms with van der Waals surface area (Å²) in [6, 6.07) is 69.2. The van der Waals surface area contributed by atoms with Gasteiger partial charge in [-0.2, -0.15) is 0 Å². The summed E-state index contributed by atoms with van der Waals surface area (Å²) in [6.45, 7) is 0. The van der Waals surface area contributed by atoms with Gasteiger partial charge in [0.2, 0.25) is 0 Å². The molecule has 1 nitrogen and oxygen atoms in total. The summed E-state index contributed by atoms with van der Waals surface area (Å²) >= 11 is 0. The van der Waals surface area contributed by atoms with Crippen LogP contribution in [0.4, 0.5) is 0 Å². The van der Waals surface area contributed by atoms with Gasteiger partial charge in [0, 0.05) is 16.5 Å². The second-order valence-corrected chi connectivity index (χ2v) is 14.4. The second kappa shape index (κ2) is 11.7. The highest BCUT2D eigenvalue weighted by atomic mass is 28.2. The zero-order valence-corrected chi connectivity index (χ0v) is 28.3. The number of aromatic nitrogens is 1. The molecule has 0 unspecified atom stereocenters. The number of hydrogen-bond donors (Lipinski definition) is 0. The third kappa shape index (κ3) is 4.61. The topological polar surface area (TPSA) is 4.93 Å². The third-order valence-electron chi connectivity index (χ3n) is 10.1. The summed E-state index contributed by atoms with van der Waals surface area (Å²) in [6.07, 6.45) is 0. The van der Waals surface area contributed by atoms with Crippen molar-refractivity contribution in [3.8, 4) is 27.9 Å². The lowest BCUT2D eigenvalue weighted by molar-refractivity contribution is 1.18. The van der Waals surface area contributed by atoms with E-state index in [0.29, 0.717) is 9.52 Å². The van der Waals surface area contributed by atoms with Crippen molar-refractivity contribution < 1.29 is 0 Å². The molecule has 1 heterocycles. The van der Waals surface area contributed by atoms with E-state index >= 15 is 0 Å². The zero-order chi connectivity index (χ0) is 33.0. The molecule has 0 aliphatic rings. The van der Waals surface area contributed by atoms with Crippen LogP contribution in [-0.4, -0.2) is 14.1 Å². The molecule has 0 aliphatic heterocycles. The van der Waals surface area contributed by atoms with Gasteiger partial charge in [-0.3, -0.25) is 0 Å². The smallest absolute Gasteiger partial charge is 0.121 e. The van der Waals surface area contributed by atoms with Crippen molar-refractivity contribution in [2.75, 3.05) is 0 Å². The SMILES string of the molecule is c1ccc([Si]c2ccc3c(-c4cccc(-n5c6ccccc6c6ccccc65)c4)c4ccccc4c(-c4cccc5ccccc45)c3c2)cc1. The van der Waals surface area contributed by atoms with Crippen LogP contribution in [0.1, 0.15) is 0 Å². The Morgan fingerprint density at radius 3 is 1.68 bits per heavy atom. The summed E-state index contributed by atoms with van der Waals surface area (Å²) in [5.41, 5.74) is 8.67. The van der Waals surface area contributed by atoms with Crippen LogP contribution < -0.4 is 10.4 Å². The maximum absolute atomic E-state index is 2.46. The van der Waals surface area contributed by atoms with E-state index < -0.39 is 0 Å². The molecule has 0 fully saturated rings. The van der Waals surface area contributed by atoms with E-state index in [0.717, 1.165) is 5.69 Å². The van der Waals surface area contributed by atoms with Gasteiger partial charge in [0.15, 0.2) is 0 Å². The van der Waals surface area contributed by atoms with Crippen LogP contribution in [0, 0.1) is 0 Å². The highest BCUT2D eigenvalue weighted by molar-refractivity contribution is 6.67. The Kier molecular flexibility index (Phi) is 6.75. The Morgan fingerprint density at radius 2 is 0.920 bits per heavy atom. The Bertz CT molecular complexity index is 2840. The van der Waals surface area contributed by atoms with Gasteiger partial charge >= 0.3 is 0 Å². The Hall–Kier alpha value is -6.22. The predicted molar refractivity (Wildman–Crippen MR) is 216 cm³/mol. The van der Waals surface area contributed by atoms with Crippen molar-refractivity contribution >= 4 is 74.0 Å². The largest absolute Gasteiger partial charge is 0.309 e. The molecule has 0 saturated heterocycles. The predicted octanol–water partition coefficient (Wildman–Crippen LogP) is 11.2. The maximum Gasteiger partial charge on any atom is 0.121 e. The first-order valence-corrected chi connectivity index (χ1v) is 18.2. The average molecular weight is 650 g/mol. The first-order chi connectivity index (χ1) is 24.8. The Balaban J connectivity index is 1.28. The third-order valence-corrected chi connectivity index (χ3v) is 11.3. The number of rotatable bonds is 5. The summed E-state index contributed by atoms with van der Waals surface area (Å²) < 4.78 is 2.42. The normalized spacial score (nSPS) is 11.7. The van der Waals surface area contributed by atoms with Gasteiger partial charge in [-0.05, 0) is 78.8 Å². The highest BCUT2D eigenvalue weighted by Gasteiger charge is 2.20.